The summed E-state index contributed by atoms with van der Waals surface area (Å²) in [6.07, 6.45) is 7.30. The fourth-order valence-corrected chi connectivity index (χ4v) is 1.47. The second kappa shape index (κ2) is 4.51. The van der Waals surface area contributed by atoms with Gasteiger partial charge in [0.1, 0.15) is 0 Å². The van der Waals surface area contributed by atoms with E-state index in [2.05, 4.69) is 11.5 Å². The molecule has 0 spiro atoms. The largest absolute Gasteiger partial charge is 0.303 e. The van der Waals surface area contributed by atoms with Gasteiger partial charge in [0.05, 0.1) is 0 Å². The Kier molecular flexibility index (Phi) is 3.52. The number of rotatable bonds is 4. The maximum atomic E-state index is 3.71. The minimum absolute atomic E-state index is 1.18. The second-order valence-electron chi connectivity index (χ2n) is 2.98. The van der Waals surface area contributed by atoms with Gasteiger partial charge in [-0.05, 0) is 45.3 Å². The van der Waals surface area contributed by atoms with Crippen molar-refractivity contribution in [1.29, 1.82) is 0 Å². The molecule has 0 bridgehead atoms. The van der Waals surface area contributed by atoms with Crippen LogP contribution in [0.15, 0.2) is 12.7 Å². The van der Waals surface area contributed by atoms with Crippen molar-refractivity contribution in [3.63, 3.8) is 0 Å². The van der Waals surface area contributed by atoms with E-state index in [-0.39, 0.29) is 0 Å². The first kappa shape index (κ1) is 7.80. The highest BCUT2D eigenvalue weighted by molar-refractivity contribution is 4.70. The normalized spacial score (nSPS) is 19.6. The Balaban J connectivity index is 1.96. The number of likely N-dealkylation sites (tertiary alicyclic amines) is 1. The summed E-state index contributed by atoms with van der Waals surface area (Å²) in [5.41, 5.74) is 0. The van der Waals surface area contributed by atoms with Crippen molar-refractivity contribution in [2.45, 2.75) is 25.7 Å². The molecule has 0 radical (unpaired) electrons. The molecule has 1 fully saturated rings. The van der Waals surface area contributed by atoms with Gasteiger partial charge in [0.15, 0.2) is 0 Å². The predicted molar refractivity (Wildman–Crippen MR) is 45.1 cm³/mol. The van der Waals surface area contributed by atoms with Gasteiger partial charge in [-0.25, -0.2) is 0 Å². The van der Waals surface area contributed by atoms with Crippen molar-refractivity contribution in [3.05, 3.63) is 12.7 Å². The molecule has 0 amide bonds. The molecule has 0 unspecified atom stereocenters. The Morgan fingerprint density at radius 3 is 2.70 bits per heavy atom. The molecule has 0 aromatic heterocycles. The molecule has 0 saturated carbocycles. The highest BCUT2D eigenvalue weighted by Gasteiger charge is 2.09. The Bertz CT molecular complexity index is 92.9. The number of hydrogen-bond donors (Lipinski definition) is 0. The summed E-state index contributed by atoms with van der Waals surface area (Å²) in [5, 5.41) is 0. The van der Waals surface area contributed by atoms with Gasteiger partial charge in [-0.2, -0.15) is 0 Å². The van der Waals surface area contributed by atoms with Crippen LogP contribution in [-0.2, 0) is 0 Å². The van der Waals surface area contributed by atoms with Crippen LogP contribution in [0.5, 0.6) is 0 Å². The summed E-state index contributed by atoms with van der Waals surface area (Å²) in [7, 11) is 0. The Hall–Kier alpha value is -0.300. The molecular formula is C9H17N. The van der Waals surface area contributed by atoms with Crippen molar-refractivity contribution < 1.29 is 0 Å². The zero-order chi connectivity index (χ0) is 7.23. The fourth-order valence-electron chi connectivity index (χ4n) is 1.47. The van der Waals surface area contributed by atoms with Gasteiger partial charge in [0.25, 0.3) is 0 Å². The molecular weight excluding hydrogens is 124 g/mol. The first-order chi connectivity index (χ1) is 4.93. The quantitative estimate of drug-likeness (QED) is 0.428. The molecule has 1 nitrogen and oxygen atoms in total. The summed E-state index contributed by atoms with van der Waals surface area (Å²) in [5.74, 6) is 0. The molecule has 0 atom stereocenters. The first-order valence-electron chi connectivity index (χ1n) is 4.27. The highest BCUT2D eigenvalue weighted by atomic mass is 15.2. The van der Waals surface area contributed by atoms with Gasteiger partial charge in [0.2, 0.25) is 0 Å². The third kappa shape index (κ3) is 2.53. The van der Waals surface area contributed by atoms with Crippen molar-refractivity contribution in [1.82, 2.24) is 4.90 Å². The van der Waals surface area contributed by atoms with Gasteiger partial charge >= 0.3 is 0 Å². The molecule has 1 heteroatoms. The smallest absolute Gasteiger partial charge is 0.00158 e. The predicted octanol–water partition coefficient (Wildman–Crippen LogP) is 2.05. The van der Waals surface area contributed by atoms with Gasteiger partial charge in [-0.15, -0.1) is 6.58 Å². The minimum Gasteiger partial charge on any atom is -0.303 e. The van der Waals surface area contributed by atoms with Crippen LogP contribution in [-0.4, -0.2) is 24.5 Å². The summed E-state index contributed by atoms with van der Waals surface area (Å²) in [6, 6.07) is 0. The molecule has 10 heavy (non-hydrogen) atoms. The van der Waals surface area contributed by atoms with E-state index in [0.29, 0.717) is 0 Å². The van der Waals surface area contributed by atoms with E-state index in [1.165, 1.54) is 45.3 Å². The third-order valence-corrected chi connectivity index (χ3v) is 2.08. The van der Waals surface area contributed by atoms with E-state index in [0.717, 1.165) is 0 Å². The summed E-state index contributed by atoms with van der Waals surface area (Å²) in [4.78, 5) is 2.55. The van der Waals surface area contributed by atoms with Crippen LogP contribution in [0.4, 0.5) is 0 Å². The van der Waals surface area contributed by atoms with E-state index in [9.17, 15) is 0 Å². The molecule has 1 aliphatic heterocycles. The minimum atomic E-state index is 1.18. The van der Waals surface area contributed by atoms with Gasteiger partial charge in [-0.1, -0.05) is 6.08 Å². The fraction of sp³-hybridized carbons (Fsp3) is 0.778. The van der Waals surface area contributed by atoms with E-state index >= 15 is 0 Å². The van der Waals surface area contributed by atoms with Crippen LogP contribution in [0.2, 0.25) is 0 Å². The van der Waals surface area contributed by atoms with Crippen LogP contribution >= 0.6 is 0 Å². The second-order valence-corrected chi connectivity index (χ2v) is 2.98. The lowest BCUT2D eigenvalue weighted by Gasteiger charge is -2.12. The molecule has 0 aromatic carbocycles. The van der Waals surface area contributed by atoms with Crippen LogP contribution in [0.1, 0.15) is 25.7 Å². The molecule has 1 rings (SSSR count). The number of unbranched alkanes of at least 4 members (excludes halogenated alkanes) is 1. The van der Waals surface area contributed by atoms with Crippen molar-refractivity contribution in [2.24, 2.45) is 0 Å². The van der Waals surface area contributed by atoms with Crippen LogP contribution in [0.25, 0.3) is 0 Å². The van der Waals surface area contributed by atoms with Gasteiger partial charge in [0, 0.05) is 0 Å². The molecule has 1 aliphatic rings. The van der Waals surface area contributed by atoms with E-state index in [1.807, 2.05) is 6.08 Å². The van der Waals surface area contributed by atoms with Crippen LogP contribution < -0.4 is 0 Å². The lowest BCUT2D eigenvalue weighted by Crippen LogP contribution is -2.19. The molecule has 1 heterocycles. The zero-order valence-electron chi connectivity index (χ0n) is 6.68. The molecule has 58 valence electrons. The highest BCUT2D eigenvalue weighted by Crippen LogP contribution is 2.07. The average Bonchev–Trinajstić information content (AvgIpc) is 2.41. The Morgan fingerprint density at radius 1 is 1.40 bits per heavy atom. The third-order valence-electron chi connectivity index (χ3n) is 2.08. The Labute approximate surface area is 63.7 Å². The monoisotopic (exact) mass is 141 g/mol. The average molecular weight is 141 g/mol. The maximum absolute atomic E-state index is 3.71. The molecule has 0 N–H and O–H groups in total. The Morgan fingerprint density at radius 2 is 2.10 bits per heavy atom. The van der Waals surface area contributed by atoms with Crippen molar-refractivity contribution in [3.8, 4) is 0 Å². The molecule has 1 saturated heterocycles. The zero-order valence-corrected chi connectivity index (χ0v) is 6.68. The number of nitrogens with zero attached hydrogens (tertiary/aromatic N) is 1. The van der Waals surface area contributed by atoms with Gasteiger partial charge in [-0.3, -0.25) is 0 Å². The summed E-state index contributed by atoms with van der Waals surface area (Å²) in [6.45, 7) is 7.65. The SMILES string of the molecule is C=CC[14CH2]CN1CCCC1. The van der Waals surface area contributed by atoms with Crippen LogP contribution in [0, 0.1) is 0 Å². The van der Waals surface area contributed by atoms with Gasteiger partial charge < -0.3 is 4.90 Å². The lowest BCUT2D eigenvalue weighted by molar-refractivity contribution is 0.335. The summed E-state index contributed by atoms with van der Waals surface area (Å²) < 4.78 is 0. The number of hydrogen-bond acceptors (Lipinski definition) is 1. The lowest BCUT2D eigenvalue weighted by atomic mass is 10.4. The maximum Gasteiger partial charge on any atom is -0.00158 e. The first-order valence-corrected chi connectivity index (χ1v) is 4.27. The topological polar surface area (TPSA) is 3.24 Å². The van der Waals surface area contributed by atoms with Crippen molar-refractivity contribution in [2.75, 3.05) is 19.6 Å². The van der Waals surface area contributed by atoms with Crippen molar-refractivity contribution >= 4 is 0 Å². The molecule has 0 aliphatic carbocycles. The van der Waals surface area contributed by atoms with Crippen LogP contribution in [0.3, 0.4) is 0 Å². The number of allylic oxidation sites excluding steroid dienone is 1. The standard InChI is InChI=1S/C9H17N/c1-2-3-4-7-10-8-5-6-9-10/h2H,1,3-9H2/i4+2. The summed E-state index contributed by atoms with van der Waals surface area (Å²) >= 11 is 0. The van der Waals surface area contributed by atoms with E-state index < -0.39 is 0 Å². The van der Waals surface area contributed by atoms with E-state index in [4.69, 9.17) is 0 Å². The van der Waals surface area contributed by atoms with E-state index in [1.54, 1.807) is 0 Å². The molecule has 0 aromatic rings.